The summed E-state index contributed by atoms with van der Waals surface area (Å²) in [7, 11) is 0. The van der Waals surface area contributed by atoms with Gasteiger partial charge in [0.1, 0.15) is 12.7 Å². The molecule has 0 radical (unpaired) electrons. The minimum atomic E-state index is -1.51. The highest BCUT2D eigenvalue weighted by atomic mass is 16.7. The van der Waals surface area contributed by atoms with Crippen LogP contribution in [0.25, 0.3) is 0 Å². The van der Waals surface area contributed by atoms with Gasteiger partial charge in [0.05, 0.1) is 0 Å². The second-order valence-electron chi connectivity index (χ2n) is 12.2. The summed E-state index contributed by atoms with van der Waals surface area (Å²) in [5, 5.41) is 10.9. The van der Waals surface area contributed by atoms with E-state index in [1.54, 1.807) is 0 Å². The molecule has 0 aromatic rings. The second-order valence-corrected chi connectivity index (χ2v) is 12.2. The normalized spacial score (nSPS) is 19.3. The minimum absolute atomic E-state index is 0.0922. The van der Waals surface area contributed by atoms with Crippen molar-refractivity contribution in [1.29, 1.82) is 0 Å². The zero-order chi connectivity index (χ0) is 35.2. The average Bonchev–Trinajstić information content (AvgIpc) is 3.37. The van der Waals surface area contributed by atoms with Gasteiger partial charge in [0.25, 0.3) is 0 Å². The molecule has 0 saturated carbocycles. The lowest BCUT2D eigenvalue weighted by molar-refractivity contribution is -0.171. The van der Waals surface area contributed by atoms with Crippen molar-refractivity contribution in [1.82, 2.24) is 0 Å². The van der Waals surface area contributed by atoms with Crippen LogP contribution in [-0.2, 0) is 38.1 Å². The molecule has 1 aliphatic rings. The van der Waals surface area contributed by atoms with Gasteiger partial charge in [0.15, 0.2) is 12.2 Å². The van der Waals surface area contributed by atoms with E-state index in [0.717, 1.165) is 116 Å². The van der Waals surface area contributed by atoms with Crippen molar-refractivity contribution in [2.75, 3.05) is 6.61 Å². The molecule has 0 aliphatic carbocycles. The van der Waals surface area contributed by atoms with E-state index in [4.69, 9.17) is 23.1 Å². The van der Waals surface area contributed by atoms with Gasteiger partial charge in [-0.3, -0.25) is 14.4 Å². The molecule has 45 heavy (non-hydrogen) atoms. The summed E-state index contributed by atoms with van der Waals surface area (Å²) in [5.41, 5.74) is 0. The lowest BCUT2D eigenvalue weighted by Gasteiger charge is -2.24. The fourth-order valence-electron chi connectivity index (χ4n) is 5.33. The number of rotatable bonds is 29. The van der Waals surface area contributed by atoms with Gasteiger partial charge in [-0.15, -0.1) is 0 Å². The molecule has 262 valence electrons. The highest BCUT2D eigenvalue weighted by molar-refractivity contribution is 5.83. The first-order valence-electron chi connectivity index (χ1n) is 19.8. The van der Waals surface area contributed by atoms with Crippen LogP contribution in [0.15, 0.2) is 0 Å². The number of aliphatic hydroxyl groups excluding tert-OH is 1. The van der Waals surface area contributed by atoms with E-state index in [2.05, 4.69) is 0 Å². The highest BCUT2D eigenvalue weighted by Gasteiger charge is 2.53. The Labute approximate surface area is 277 Å². The van der Waals surface area contributed by atoms with Crippen molar-refractivity contribution >= 4 is 23.9 Å². The van der Waals surface area contributed by atoms with Crippen molar-refractivity contribution in [2.45, 2.75) is 199 Å². The summed E-state index contributed by atoms with van der Waals surface area (Å²) in [4.78, 5) is 50.5. The van der Waals surface area contributed by atoms with Crippen LogP contribution >= 0.6 is 0 Å². The van der Waals surface area contributed by atoms with Crippen molar-refractivity contribution in [3.63, 3.8) is 0 Å². The summed E-state index contributed by atoms with van der Waals surface area (Å²) in [6, 6.07) is 0. The van der Waals surface area contributed by atoms with E-state index >= 15 is 0 Å². The van der Waals surface area contributed by atoms with Crippen LogP contribution < -0.4 is 0 Å². The van der Waals surface area contributed by atoms with Crippen LogP contribution in [0, 0.1) is 0 Å². The quantitative estimate of drug-likeness (QED) is 0.0489. The lowest BCUT2D eigenvalue weighted by atomic mass is 10.1. The number of carbonyl (C=O) groups is 4. The number of hydrogen-bond donors (Lipinski definition) is 1. The molecule has 1 aliphatic heterocycles. The van der Waals surface area contributed by atoms with E-state index in [1.807, 2.05) is 0 Å². The number of carbonyl (C=O) groups excluding carboxylic acids is 4. The third kappa shape index (κ3) is 19.9. The van der Waals surface area contributed by atoms with Gasteiger partial charge in [-0.25, -0.2) is 4.79 Å². The topological polar surface area (TPSA) is 125 Å². The second kappa shape index (κ2) is 27.0. The zero-order valence-corrected chi connectivity index (χ0v) is 27.8. The monoisotopic (exact) mass is 643 g/mol. The van der Waals surface area contributed by atoms with Crippen molar-refractivity contribution in [3.05, 3.63) is 0 Å². The van der Waals surface area contributed by atoms with E-state index in [-0.39, 0.29) is 19.3 Å². The molecular weight excluding hydrogens is 576 g/mol. The Balaban J connectivity index is 2.61. The van der Waals surface area contributed by atoms with Gasteiger partial charge in [-0.05, 0) is 19.3 Å². The molecule has 1 rings (SSSR count). The number of ether oxygens (including phenoxy) is 4. The summed E-state index contributed by atoms with van der Waals surface area (Å²) in [6.07, 6.45) is 14.1. The third-order valence-corrected chi connectivity index (χ3v) is 8.07. The van der Waals surface area contributed by atoms with Crippen LogP contribution in [0.1, 0.15) is 179 Å². The summed E-state index contributed by atoms with van der Waals surface area (Å²) >= 11 is 0. The molecule has 1 heterocycles. The van der Waals surface area contributed by atoms with Gasteiger partial charge >= 0.3 is 23.9 Å². The van der Waals surface area contributed by atoms with E-state index in [0.29, 0.717) is 40.0 Å². The molecule has 1 fully saturated rings. The van der Waals surface area contributed by atoms with E-state index in [9.17, 15) is 24.3 Å². The average molecular weight is 644 g/mol. The van der Waals surface area contributed by atoms with Crippen LogP contribution in [0.3, 0.4) is 0 Å². The van der Waals surface area contributed by atoms with Crippen LogP contribution in [-0.4, -0.2) is 60.0 Å². The minimum Gasteiger partial charge on any atom is -0.463 e. The Morgan fingerprint density at radius 1 is 0.644 bits per heavy atom. The van der Waals surface area contributed by atoms with Gasteiger partial charge in [-0.1, -0.05) is 136 Å². The maximum Gasteiger partial charge on any atom is 0.352 e. The molecule has 0 unspecified atom stereocenters. The Morgan fingerprint density at radius 2 is 1.04 bits per heavy atom. The molecule has 9 heteroatoms. The van der Waals surface area contributed by atoms with Gasteiger partial charge in [0.2, 0.25) is 6.10 Å². The van der Waals surface area contributed by atoms with E-state index < -0.39 is 54.9 Å². The molecule has 1 N–H and O–H groups in total. The predicted octanol–water partition coefficient (Wildman–Crippen LogP) is 8.06. The number of aliphatic hydroxyl groups is 1. The maximum atomic E-state index is 12.8. The fraction of sp³-hybridized carbons (Fsp3) is 0.889. The molecule has 0 amide bonds. The Morgan fingerprint density at radius 3 is 1.51 bits per heavy atom. The van der Waals surface area contributed by atoms with Crippen LogP contribution in [0.4, 0.5) is 0 Å². The van der Waals surface area contributed by atoms with E-state index in [1.165, 1.54) is 0 Å². The Kier molecular flexibility index (Phi) is 21.4. The molecule has 4 atom stereocenters. The van der Waals surface area contributed by atoms with Crippen molar-refractivity contribution < 1.29 is 47.3 Å². The first-order valence-corrected chi connectivity index (χ1v) is 17.6. The predicted molar refractivity (Wildman–Crippen MR) is 174 cm³/mol. The summed E-state index contributed by atoms with van der Waals surface area (Å²) in [5.74, 6) is -2.61. The van der Waals surface area contributed by atoms with Gasteiger partial charge in [-0.2, -0.15) is 0 Å². The number of hydrogen-bond acceptors (Lipinski definition) is 9. The standard InChI is InChI=1S/C36H64O9/c1-4-7-10-13-16-19-22-25-30(38)42-28-29(37)33-34(43-31(39)26-23-20-17-14-11-8-5-2)35(36(41)45-33)44-32(40)27-24-21-18-15-12-9-6-3/h29,33-35,37H,4-28H2,1-3H3/t29-,33-,34+,35-/m1/s1/i1D,2D,3D. The molecule has 0 bridgehead atoms. The smallest absolute Gasteiger partial charge is 0.352 e. The van der Waals surface area contributed by atoms with Crippen molar-refractivity contribution in [3.8, 4) is 0 Å². The molecule has 9 nitrogen and oxygen atoms in total. The largest absolute Gasteiger partial charge is 0.463 e. The van der Waals surface area contributed by atoms with Crippen molar-refractivity contribution in [2.24, 2.45) is 0 Å². The number of esters is 4. The zero-order valence-electron chi connectivity index (χ0n) is 30.8. The molecule has 0 aromatic heterocycles. The summed E-state index contributed by atoms with van der Waals surface area (Å²) < 4.78 is 43.2. The Hall–Kier alpha value is -2.16. The van der Waals surface area contributed by atoms with Crippen LogP contribution in [0.2, 0.25) is 0 Å². The first-order chi connectivity index (χ1) is 23.3. The molecule has 1 saturated heterocycles. The van der Waals surface area contributed by atoms with Crippen LogP contribution in [0.5, 0.6) is 0 Å². The fourth-order valence-corrected chi connectivity index (χ4v) is 5.33. The highest BCUT2D eigenvalue weighted by Crippen LogP contribution is 2.27. The Bertz CT molecular complexity index is 861. The SMILES string of the molecule is [2H]CCCCCCCCCC(=O)OC[C@@H](O)[C@H]1OC(=O)[C@H](OC(=O)CCCCCCCCC[2H])[C@H]1OC(=O)CCCCCCCCC[2H]. The number of unbranched alkanes of at least 4 members (excludes halogenated alkanes) is 18. The summed E-state index contributed by atoms with van der Waals surface area (Å²) in [6.45, 7) is 0.883. The van der Waals surface area contributed by atoms with Gasteiger partial charge in [0, 0.05) is 23.4 Å². The molecule has 0 spiro atoms. The van der Waals surface area contributed by atoms with Gasteiger partial charge < -0.3 is 24.1 Å². The third-order valence-electron chi connectivity index (χ3n) is 8.07. The molecule has 0 aromatic carbocycles. The number of cyclic esters (lactones) is 1. The molecular formula is C36H64O9. The first kappa shape index (κ1) is 35.7. The maximum absolute atomic E-state index is 12.8. The lowest BCUT2D eigenvalue weighted by Crippen LogP contribution is -2.45.